The first-order valence-corrected chi connectivity index (χ1v) is 46.6. The summed E-state index contributed by atoms with van der Waals surface area (Å²) in [5.41, 5.74) is 11.5. The van der Waals surface area contributed by atoms with Gasteiger partial charge in [0.25, 0.3) is 0 Å². The van der Waals surface area contributed by atoms with Crippen LogP contribution < -0.4 is 0 Å². The van der Waals surface area contributed by atoms with Gasteiger partial charge < -0.3 is 23.2 Å². The Kier molecular flexibility index (Phi) is 48.9. The molecule has 136 heavy (non-hydrogen) atoms. The summed E-state index contributed by atoms with van der Waals surface area (Å²) in [6.45, 7) is 97.4. The Balaban J connectivity index is 0.000000729. The van der Waals surface area contributed by atoms with Gasteiger partial charge in [0, 0.05) is 139 Å². The molecule has 0 saturated carbocycles. The molecule has 3 aliphatic heterocycles. The van der Waals surface area contributed by atoms with Crippen molar-refractivity contribution in [2.45, 2.75) is 383 Å². The Morgan fingerprint density at radius 3 is 1.15 bits per heavy atom. The van der Waals surface area contributed by atoms with E-state index < -0.39 is 0 Å². The van der Waals surface area contributed by atoms with E-state index in [0.717, 1.165) is 65.7 Å². The zero-order valence-electron chi connectivity index (χ0n) is 91.9. The number of pyridine rings is 1. The Morgan fingerprint density at radius 2 is 0.956 bits per heavy atom. The second kappa shape index (κ2) is 54.3. The standard InChI is InChI=1S/C9H13N.3C8H13N.3C7H12N2.3C7H11NO.5C6H11N3/c1-9(2,3)8-5-4-6-10-7-8;1-8(2,3)7-4-5-9-6-7;2*1-8(2,3)7-5-4-6-9-7;1-7(2,3)6-4-8-5-9-6;1-7(2,3)6-8-4-5-9-6;1-7(2,3)9-6-4-5-8-9;1-7(2,3)6-4-9-5-8-6;1-7(2,3)6-4-8-5-9-6;1-7(2,3)6-8-4-5-9-6;1-6(2,3)9-5-7-4-8-9;2*1-6(2,3)5-7-4-8-9-5;2*1-6(2,3)5-4-7-9-8-5/h4-7H,1-3H3;4,6H,5H2,1-3H3;5-6H,4H2,1-3H3;4-5H,6H2,1-3H3;2*4-5H,1-3H3,(H,8,9);4-6H,1-3H3;4*4-5H,1-3H3;4*4H,1-3H3,(H,7,8,9). The van der Waals surface area contributed by atoms with Gasteiger partial charge in [0.05, 0.1) is 72.4 Å². The fraction of sp³-hybridized carbons (Fsp3) is 0.600. The van der Waals surface area contributed by atoms with E-state index >= 15 is 0 Å². The molecule has 12 aromatic heterocycles. The molecule has 15 rings (SSSR count). The predicted molar refractivity (Wildman–Crippen MR) is 558 cm³/mol. The molecule has 3 aliphatic rings. The number of aromatic nitrogens is 25. The predicted octanol–water partition coefficient (Wildman–Crippen LogP) is 25.3. The summed E-state index contributed by atoms with van der Waals surface area (Å²) in [6, 6.07) is 6.01. The third-order valence-electron chi connectivity index (χ3n) is 18.7. The van der Waals surface area contributed by atoms with E-state index in [9.17, 15) is 0 Å². The van der Waals surface area contributed by atoms with Crippen molar-refractivity contribution < 1.29 is 13.3 Å². The molecule has 15 heterocycles. The van der Waals surface area contributed by atoms with E-state index in [-0.39, 0.29) is 76.1 Å². The number of nitrogens with one attached hydrogen (secondary N) is 6. The molecule has 0 amide bonds. The van der Waals surface area contributed by atoms with Gasteiger partial charge in [0.15, 0.2) is 18.7 Å². The Labute approximate surface area is 816 Å². The number of imidazole rings is 2. The largest absolute Gasteiger partial charge is 0.451 e. The van der Waals surface area contributed by atoms with Gasteiger partial charge in [-0.1, -0.05) is 294 Å². The number of rotatable bonds is 0. The van der Waals surface area contributed by atoms with Gasteiger partial charge in [-0.3, -0.25) is 34.8 Å². The lowest BCUT2D eigenvalue weighted by molar-refractivity contribution is 0.354. The molecule has 0 unspecified atom stereocenters. The average molecular weight is 1880 g/mol. The van der Waals surface area contributed by atoms with E-state index in [1.54, 1.807) is 74.9 Å². The van der Waals surface area contributed by atoms with Crippen LogP contribution in [-0.4, -0.2) is 157 Å². The highest BCUT2D eigenvalue weighted by Crippen LogP contribution is 2.30. The number of hydrogen-bond acceptors (Lipinski definition) is 23. The van der Waals surface area contributed by atoms with Crippen LogP contribution >= 0.6 is 0 Å². The minimum Gasteiger partial charge on any atom is -0.451 e. The third-order valence-corrected chi connectivity index (χ3v) is 18.7. The molecule has 6 N–H and O–H groups in total. The van der Waals surface area contributed by atoms with Crippen LogP contribution in [0.15, 0.2) is 207 Å². The van der Waals surface area contributed by atoms with Crippen LogP contribution in [0.5, 0.6) is 0 Å². The molecule has 0 aromatic carbocycles. The van der Waals surface area contributed by atoms with Crippen molar-refractivity contribution in [2.24, 2.45) is 31.2 Å². The molecule has 0 fully saturated rings. The van der Waals surface area contributed by atoms with Gasteiger partial charge in [-0.15, -0.1) is 0 Å². The smallest absolute Gasteiger partial charge is 0.199 e. The first-order valence-electron chi connectivity index (χ1n) is 46.6. The van der Waals surface area contributed by atoms with Crippen LogP contribution in [0.1, 0.15) is 375 Å². The van der Waals surface area contributed by atoms with Crippen LogP contribution in [-0.2, 0) is 65.2 Å². The van der Waals surface area contributed by atoms with Crippen molar-refractivity contribution in [3.63, 3.8) is 0 Å². The van der Waals surface area contributed by atoms with Crippen LogP contribution in [0, 0.1) is 16.2 Å². The topological polar surface area (TPSA) is 400 Å². The lowest BCUT2D eigenvalue weighted by Gasteiger charge is -2.18. The van der Waals surface area contributed by atoms with E-state index in [1.165, 1.54) is 53.7 Å². The Hall–Kier alpha value is -11.7. The van der Waals surface area contributed by atoms with Gasteiger partial charge in [-0.2, -0.15) is 51.2 Å². The van der Waals surface area contributed by atoms with Crippen molar-refractivity contribution in [3.05, 3.63) is 236 Å². The van der Waals surface area contributed by atoms with E-state index in [4.69, 9.17) is 13.3 Å². The molecule has 0 saturated heterocycles. The average Bonchev–Trinajstić information content (AvgIpc) is 1.85. The lowest BCUT2D eigenvalue weighted by atomic mass is 9.88. The highest BCUT2D eigenvalue weighted by Gasteiger charge is 2.25. The lowest BCUT2D eigenvalue weighted by Crippen LogP contribution is -2.21. The highest BCUT2D eigenvalue weighted by molar-refractivity contribution is 6.00. The van der Waals surface area contributed by atoms with Crippen LogP contribution in [0.25, 0.3) is 0 Å². The maximum Gasteiger partial charge on any atom is 0.199 e. The summed E-state index contributed by atoms with van der Waals surface area (Å²) in [6.07, 6.45) is 47.6. The van der Waals surface area contributed by atoms with Crippen LogP contribution in [0.3, 0.4) is 0 Å². The van der Waals surface area contributed by atoms with Crippen LogP contribution in [0.4, 0.5) is 0 Å². The molecule has 0 aliphatic carbocycles. The number of oxazole rings is 3. The third kappa shape index (κ3) is 53.0. The second-order valence-electron chi connectivity index (χ2n) is 47.9. The van der Waals surface area contributed by atoms with Crippen molar-refractivity contribution in [2.75, 3.05) is 13.1 Å². The first-order chi connectivity index (χ1) is 62.1. The molecule has 31 nitrogen and oxygen atoms in total. The molecule has 754 valence electrons. The number of hydrogen-bond donors (Lipinski definition) is 6. The maximum absolute atomic E-state index is 5.09. The molecule has 0 atom stereocenters. The Bertz CT molecular complexity index is 4180. The number of allylic oxidation sites excluding steroid dienone is 4. The summed E-state index contributed by atoms with van der Waals surface area (Å²) < 4.78 is 18.8. The van der Waals surface area contributed by atoms with Gasteiger partial charge in [0.1, 0.15) is 61.1 Å². The second-order valence-corrected chi connectivity index (χ2v) is 47.9. The van der Waals surface area contributed by atoms with Gasteiger partial charge in [0.2, 0.25) is 0 Å². The first kappa shape index (κ1) is 122. The summed E-state index contributed by atoms with van der Waals surface area (Å²) in [7, 11) is 0. The van der Waals surface area contributed by atoms with Crippen molar-refractivity contribution in [1.29, 1.82) is 0 Å². The van der Waals surface area contributed by atoms with E-state index in [0.29, 0.717) is 5.41 Å². The molecular weight excluding hydrogens is 1700 g/mol. The summed E-state index contributed by atoms with van der Waals surface area (Å²) in [5, 5.41) is 41.7. The molecule has 0 bridgehead atoms. The Morgan fingerprint density at radius 1 is 0.397 bits per heavy atom. The summed E-state index contributed by atoms with van der Waals surface area (Å²) >= 11 is 0. The number of aliphatic imine (C=N–C) groups is 3. The van der Waals surface area contributed by atoms with Gasteiger partial charge in [-0.05, 0) is 81.7 Å². The number of nitrogens with zero attached hydrogens (tertiary/aromatic N) is 22. The highest BCUT2D eigenvalue weighted by atomic mass is 16.3. The minimum atomic E-state index is 0.0451. The molecule has 12 aromatic rings. The molecule has 0 spiro atoms. The quantitative estimate of drug-likeness (QED) is 0.0821. The minimum absolute atomic E-state index is 0.0451. The van der Waals surface area contributed by atoms with Crippen molar-refractivity contribution >= 4 is 18.1 Å². The van der Waals surface area contributed by atoms with Crippen molar-refractivity contribution in [3.8, 4) is 0 Å². The summed E-state index contributed by atoms with van der Waals surface area (Å²) in [5.74, 6) is 4.64. The zero-order chi connectivity index (χ0) is 104. The normalized spacial score (nSPS) is 13.1. The SMILES string of the molecule is CC(C)(C)C1=CCC=N1.CC(C)(C)C1=CCN=C1.CC(C)(C)C1=NCC=C1.CC(C)(C)c1cccnc1.CC(C)(C)c1cn[nH]n1.CC(C)(C)c1cn[nH]n1.CC(C)(C)c1cnc[nH]1.CC(C)(C)c1cnco1.CC(C)(C)c1cocn1.CC(C)(C)c1ncc[nH]1.CC(C)(C)c1ncco1.CC(C)(C)c1ncn[nH]1.CC(C)(C)c1ncn[nH]1.CC(C)(C)n1cccn1.CC(C)(C)n1cncn1. The van der Waals surface area contributed by atoms with Gasteiger partial charge >= 0.3 is 0 Å². The number of aromatic amines is 6. The van der Waals surface area contributed by atoms with E-state index in [1.807, 2.05) is 58.7 Å². The molecule has 0 radical (unpaired) electrons. The zero-order valence-corrected chi connectivity index (χ0v) is 91.9. The fourth-order valence-corrected chi connectivity index (χ4v) is 9.97. The van der Waals surface area contributed by atoms with Crippen LogP contribution in [0.2, 0.25) is 0 Å². The molecule has 31 heteroatoms. The van der Waals surface area contributed by atoms with E-state index in [2.05, 4.69) is 473 Å². The maximum atomic E-state index is 5.09. The number of H-pyrrole nitrogens is 6. The van der Waals surface area contributed by atoms with Crippen molar-refractivity contribution in [1.82, 2.24) is 126 Å². The fourth-order valence-electron chi connectivity index (χ4n) is 9.97. The monoisotopic (exact) mass is 1880 g/mol. The molecular formula is C105H176N28O3. The summed E-state index contributed by atoms with van der Waals surface area (Å²) in [4.78, 5) is 54.7. The van der Waals surface area contributed by atoms with Gasteiger partial charge in [-0.25, -0.2) is 44.6 Å².